The van der Waals surface area contributed by atoms with Gasteiger partial charge < -0.3 is 14.5 Å². The fourth-order valence-corrected chi connectivity index (χ4v) is 2.36. The molecule has 0 saturated carbocycles. The number of aromatic nitrogens is 2. The van der Waals surface area contributed by atoms with E-state index in [1.54, 1.807) is 24.4 Å². The van der Waals surface area contributed by atoms with Gasteiger partial charge in [-0.15, -0.1) is 0 Å². The van der Waals surface area contributed by atoms with Crippen LogP contribution in [0.5, 0.6) is 5.75 Å². The van der Waals surface area contributed by atoms with Crippen molar-refractivity contribution in [2.24, 2.45) is 0 Å². The van der Waals surface area contributed by atoms with Crippen LogP contribution in [-0.2, 0) is 13.2 Å². The molecule has 132 valence electrons. The van der Waals surface area contributed by atoms with Gasteiger partial charge in [-0.2, -0.15) is 10.4 Å². The van der Waals surface area contributed by atoms with E-state index < -0.39 is 5.91 Å². The Kier molecular flexibility index (Phi) is 5.04. The molecule has 26 heavy (non-hydrogen) atoms. The summed E-state index contributed by atoms with van der Waals surface area (Å²) in [5, 5.41) is 15.3. The Balaban J connectivity index is 1.60. The summed E-state index contributed by atoms with van der Waals surface area (Å²) in [6.07, 6.45) is 1.62. The number of furan rings is 1. The molecule has 0 saturated heterocycles. The highest BCUT2D eigenvalue weighted by Crippen LogP contribution is 2.21. The molecule has 3 rings (SSSR count). The molecule has 0 aliphatic carbocycles. The monoisotopic (exact) mass is 350 g/mol. The van der Waals surface area contributed by atoms with Gasteiger partial charge in [0.15, 0.2) is 11.6 Å². The van der Waals surface area contributed by atoms with Crippen LogP contribution in [0.25, 0.3) is 0 Å². The van der Waals surface area contributed by atoms with Crippen LogP contribution in [0.3, 0.4) is 0 Å². The maximum atomic E-state index is 12.2. The fraction of sp³-hybridized carbons (Fsp3) is 0.211. The van der Waals surface area contributed by atoms with Crippen molar-refractivity contribution < 1.29 is 13.9 Å². The molecular weight excluding hydrogens is 332 g/mol. The van der Waals surface area contributed by atoms with E-state index in [9.17, 15) is 4.79 Å². The fourth-order valence-electron chi connectivity index (χ4n) is 2.36. The van der Waals surface area contributed by atoms with Gasteiger partial charge in [0.1, 0.15) is 24.7 Å². The standard InChI is InChI=1S/C19H18N4O3/c1-13-3-4-14(2)17(11-13)25-12-15-5-6-16(26-15)19(24)21-18-7-9-23(22-18)10-8-20/h3-7,9,11H,10,12H2,1-2H3,(H,21,22,24). The number of rotatable bonds is 6. The topological polar surface area (TPSA) is 93.1 Å². The molecule has 0 bridgehead atoms. The molecule has 2 heterocycles. The third-order valence-corrected chi connectivity index (χ3v) is 3.71. The van der Waals surface area contributed by atoms with Gasteiger partial charge in [0.05, 0.1) is 6.07 Å². The summed E-state index contributed by atoms with van der Waals surface area (Å²) in [6, 6.07) is 12.9. The van der Waals surface area contributed by atoms with Crippen molar-refractivity contribution in [2.75, 3.05) is 5.32 Å². The molecule has 3 aromatic rings. The van der Waals surface area contributed by atoms with Gasteiger partial charge in [0, 0.05) is 12.3 Å². The number of amides is 1. The lowest BCUT2D eigenvalue weighted by Gasteiger charge is -2.08. The second kappa shape index (κ2) is 7.57. The molecule has 0 aliphatic heterocycles. The van der Waals surface area contributed by atoms with Crippen molar-refractivity contribution in [3.63, 3.8) is 0 Å². The van der Waals surface area contributed by atoms with E-state index in [0.29, 0.717) is 11.6 Å². The zero-order valence-corrected chi connectivity index (χ0v) is 14.5. The highest BCUT2D eigenvalue weighted by Gasteiger charge is 2.13. The number of hydrogen-bond donors (Lipinski definition) is 1. The average Bonchev–Trinajstić information content (AvgIpc) is 3.26. The van der Waals surface area contributed by atoms with Crippen LogP contribution in [0.1, 0.15) is 27.4 Å². The molecule has 1 N–H and O–H groups in total. The Morgan fingerprint density at radius 3 is 2.96 bits per heavy atom. The van der Waals surface area contributed by atoms with Gasteiger partial charge in [-0.25, -0.2) is 0 Å². The number of ether oxygens (including phenoxy) is 1. The Morgan fingerprint density at radius 1 is 1.31 bits per heavy atom. The summed E-state index contributed by atoms with van der Waals surface area (Å²) in [5.74, 6) is 1.45. The number of hydrogen-bond acceptors (Lipinski definition) is 5. The normalized spacial score (nSPS) is 10.3. The molecule has 0 unspecified atom stereocenters. The van der Waals surface area contributed by atoms with E-state index in [0.717, 1.165) is 16.9 Å². The van der Waals surface area contributed by atoms with Crippen LogP contribution < -0.4 is 10.1 Å². The zero-order chi connectivity index (χ0) is 18.5. The zero-order valence-electron chi connectivity index (χ0n) is 14.5. The summed E-state index contributed by atoms with van der Waals surface area (Å²) < 4.78 is 12.7. The minimum atomic E-state index is -0.412. The summed E-state index contributed by atoms with van der Waals surface area (Å²) in [5.41, 5.74) is 2.15. The van der Waals surface area contributed by atoms with E-state index in [2.05, 4.69) is 10.4 Å². The van der Waals surface area contributed by atoms with Gasteiger partial charge in [-0.3, -0.25) is 9.48 Å². The lowest BCUT2D eigenvalue weighted by atomic mass is 10.1. The summed E-state index contributed by atoms with van der Waals surface area (Å²) >= 11 is 0. The molecule has 0 atom stereocenters. The SMILES string of the molecule is Cc1ccc(C)c(OCc2ccc(C(=O)Nc3ccn(CC#N)n3)o2)c1. The van der Waals surface area contributed by atoms with E-state index in [-0.39, 0.29) is 18.9 Å². The quantitative estimate of drug-likeness (QED) is 0.735. The van der Waals surface area contributed by atoms with Gasteiger partial charge in [0.25, 0.3) is 5.91 Å². The molecule has 2 aromatic heterocycles. The van der Waals surface area contributed by atoms with Crippen molar-refractivity contribution in [1.82, 2.24) is 9.78 Å². The minimum Gasteiger partial charge on any atom is -0.485 e. The van der Waals surface area contributed by atoms with Gasteiger partial charge >= 0.3 is 0 Å². The maximum Gasteiger partial charge on any atom is 0.292 e. The number of anilines is 1. The first-order valence-corrected chi connectivity index (χ1v) is 8.05. The van der Waals surface area contributed by atoms with Crippen molar-refractivity contribution in [1.29, 1.82) is 5.26 Å². The molecule has 0 fully saturated rings. The van der Waals surface area contributed by atoms with E-state index in [4.69, 9.17) is 14.4 Å². The molecule has 1 amide bonds. The molecule has 0 radical (unpaired) electrons. The average molecular weight is 350 g/mol. The smallest absolute Gasteiger partial charge is 0.292 e. The van der Waals surface area contributed by atoms with Gasteiger partial charge in [-0.05, 0) is 43.2 Å². The van der Waals surface area contributed by atoms with Crippen molar-refractivity contribution in [3.05, 3.63) is 65.2 Å². The first-order valence-electron chi connectivity index (χ1n) is 8.05. The highest BCUT2D eigenvalue weighted by molar-refractivity contribution is 6.01. The number of nitrogens with zero attached hydrogens (tertiary/aromatic N) is 3. The minimum absolute atomic E-state index is 0.122. The largest absolute Gasteiger partial charge is 0.485 e. The number of carbonyl (C=O) groups excluding carboxylic acids is 1. The Bertz CT molecular complexity index is 965. The van der Waals surface area contributed by atoms with Crippen LogP contribution in [0.4, 0.5) is 5.82 Å². The lowest BCUT2D eigenvalue weighted by molar-refractivity contribution is 0.0992. The molecule has 7 nitrogen and oxygen atoms in total. The van der Waals surface area contributed by atoms with Crippen LogP contribution in [0.15, 0.2) is 47.0 Å². The Labute approximate surface area is 150 Å². The second-order valence-electron chi connectivity index (χ2n) is 5.83. The van der Waals surface area contributed by atoms with Crippen LogP contribution in [0.2, 0.25) is 0 Å². The van der Waals surface area contributed by atoms with Crippen LogP contribution in [-0.4, -0.2) is 15.7 Å². The van der Waals surface area contributed by atoms with Crippen LogP contribution in [0, 0.1) is 25.2 Å². The van der Waals surface area contributed by atoms with Crippen LogP contribution >= 0.6 is 0 Å². The lowest BCUT2D eigenvalue weighted by Crippen LogP contribution is -2.12. The van der Waals surface area contributed by atoms with Crippen molar-refractivity contribution >= 4 is 11.7 Å². The van der Waals surface area contributed by atoms with Gasteiger partial charge in [-0.1, -0.05) is 12.1 Å². The first-order chi connectivity index (χ1) is 12.5. The maximum absolute atomic E-state index is 12.2. The summed E-state index contributed by atoms with van der Waals surface area (Å²) in [4.78, 5) is 12.2. The van der Waals surface area contributed by atoms with E-state index in [1.807, 2.05) is 38.1 Å². The molecular formula is C19H18N4O3. The van der Waals surface area contributed by atoms with Crippen molar-refractivity contribution in [2.45, 2.75) is 27.0 Å². The first kappa shape index (κ1) is 17.3. The van der Waals surface area contributed by atoms with Gasteiger partial charge in [0.2, 0.25) is 0 Å². The third-order valence-electron chi connectivity index (χ3n) is 3.71. The molecule has 1 aromatic carbocycles. The third kappa shape index (κ3) is 4.11. The number of aryl methyl sites for hydroxylation is 2. The number of carbonyl (C=O) groups is 1. The molecule has 0 spiro atoms. The predicted octanol–water partition coefficient (Wildman–Crippen LogP) is 3.45. The highest BCUT2D eigenvalue weighted by atomic mass is 16.5. The van der Waals surface area contributed by atoms with E-state index in [1.165, 1.54) is 4.68 Å². The second-order valence-corrected chi connectivity index (χ2v) is 5.83. The number of nitriles is 1. The molecule has 7 heteroatoms. The predicted molar refractivity (Wildman–Crippen MR) is 94.7 cm³/mol. The van der Waals surface area contributed by atoms with E-state index >= 15 is 0 Å². The number of nitrogens with one attached hydrogen (secondary N) is 1. The summed E-state index contributed by atoms with van der Waals surface area (Å²) in [7, 11) is 0. The van der Waals surface area contributed by atoms with Crippen molar-refractivity contribution in [3.8, 4) is 11.8 Å². The number of benzene rings is 1. The Hall–Kier alpha value is -3.53. The summed E-state index contributed by atoms with van der Waals surface area (Å²) in [6.45, 7) is 4.33. The Morgan fingerprint density at radius 2 is 2.15 bits per heavy atom. The molecule has 0 aliphatic rings.